The van der Waals surface area contributed by atoms with E-state index in [1.807, 2.05) is 12.1 Å². The normalized spacial score (nSPS) is 9.80. The fourth-order valence-corrected chi connectivity index (χ4v) is 1.82. The summed E-state index contributed by atoms with van der Waals surface area (Å²) in [5.41, 5.74) is 2.59. The van der Waals surface area contributed by atoms with Crippen LogP contribution in [0.15, 0.2) is 24.3 Å². The maximum atomic E-state index is 5.71. The standard InChI is InChI=1S/C8H8ClI/c9-5-7-3-1-2-4-8(7)6-10/h1-4H,5-6H2. The molecule has 0 heterocycles. The first-order chi connectivity index (χ1) is 4.88. The van der Waals surface area contributed by atoms with Crippen molar-refractivity contribution in [3.8, 4) is 0 Å². The quantitative estimate of drug-likeness (QED) is 0.569. The summed E-state index contributed by atoms with van der Waals surface area (Å²) < 4.78 is 1.04. The third-order valence-electron chi connectivity index (χ3n) is 1.41. The molecule has 10 heavy (non-hydrogen) atoms. The van der Waals surface area contributed by atoms with E-state index in [-0.39, 0.29) is 0 Å². The maximum absolute atomic E-state index is 5.71. The smallest absolute Gasteiger partial charge is 0.0477 e. The summed E-state index contributed by atoms with van der Waals surface area (Å²) in [4.78, 5) is 0. The zero-order valence-corrected chi connectivity index (χ0v) is 8.39. The van der Waals surface area contributed by atoms with Gasteiger partial charge < -0.3 is 0 Å². The van der Waals surface area contributed by atoms with Gasteiger partial charge in [0.05, 0.1) is 0 Å². The van der Waals surface area contributed by atoms with Gasteiger partial charge in [-0.25, -0.2) is 0 Å². The van der Waals surface area contributed by atoms with E-state index in [0.717, 1.165) is 4.43 Å². The molecule has 0 aliphatic heterocycles. The fourth-order valence-electron chi connectivity index (χ4n) is 0.818. The highest BCUT2D eigenvalue weighted by Gasteiger charge is 1.95. The molecular weight excluding hydrogens is 258 g/mol. The van der Waals surface area contributed by atoms with Crippen molar-refractivity contribution in [1.29, 1.82) is 0 Å². The highest BCUT2D eigenvalue weighted by Crippen LogP contribution is 2.14. The third-order valence-corrected chi connectivity index (χ3v) is 2.52. The van der Waals surface area contributed by atoms with Crippen LogP contribution in [0.3, 0.4) is 0 Å². The van der Waals surface area contributed by atoms with Crippen LogP contribution in [0.5, 0.6) is 0 Å². The molecule has 0 bridgehead atoms. The Kier molecular flexibility index (Phi) is 3.49. The highest BCUT2D eigenvalue weighted by atomic mass is 127. The minimum atomic E-state index is 0.624. The lowest BCUT2D eigenvalue weighted by molar-refractivity contribution is 1.29. The molecule has 0 atom stereocenters. The molecule has 2 heteroatoms. The van der Waals surface area contributed by atoms with Gasteiger partial charge in [0.25, 0.3) is 0 Å². The van der Waals surface area contributed by atoms with Gasteiger partial charge in [0, 0.05) is 10.3 Å². The molecule has 0 aliphatic carbocycles. The van der Waals surface area contributed by atoms with Gasteiger partial charge in [0.15, 0.2) is 0 Å². The number of benzene rings is 1. The predicted molar refractivity (Wildman–Crippen MR) is 53.7 cm³/mol. The first-order valence-electron chi connectivity index (χ1n) is 3.07. The second-order valence-electron chi connectivity index (χ2n) is 2.04. The van der Waals surface area contributed by atoms with Crippen molar-refractivity contribution < 1.29 is 0 Å². The molecule has 0 radical (unpaired) electrons. The summed E-state index contributed by atoms with van der Waals surface area (Å²) in [6.07, 6.45) is 0. The van der Waals surface area contributed by atoms with Crippen LogP contribution in [0.4, 0.5) is 0 Å². The average molecular weight is 267 g/mol. The fraction of sp³-hybridized carbons (Fsp3) is 0.250. The van der Waals surface area contributed by atoms with E-state index >= 15 is 0 Å². The van der Waals surface area contributed by atoms with Gasteiger partial charge in [-0.05, 0) is 11.1 Å². The molecule has 0 fully saturated rings. The van der Waals surface area contributed by atoms with E-state index in [2.05, 4.69) is 34.7 Å². The van der Waals surface area contributed by atoms with Crippen LogP contribution >= 0.6 is 34.2 Å². The largest absolute Gasteiger partial charge is 0.122 e. The van der Waals surface area contributed by atoms with Gasteiger partial charge >= 0.3 is 0 Å². The minimum Gasteiger partial charge on any atom is -0.122 e. The van der Waals surface area contributed by atoms with Crippen LogP contribution in [0.1, 0.15) is 11.1 Å². The molecule has 0 saturated carbocycles. The van der Waals surface area contributed by atoms with E-state index < -0.39 is 0 Å². The third kappa shape index (κ3) is 1.86. The Labute approximate surface area is 79.7 Å². The molecule has 0 N–H and O–H groups in total. The lowest BCUT2D eigenvalue weighted by atomic mass is 10.1. The highest BCUT2D eigenvalue weighted by molar-refractivity contribution is 14.1. The SMILES string of the molecule is ClCc1ccccc1CI. The van der Waals surface area contributed by atoms with Gasteiger partial charge in [-0.15, -0.1) is 11.6 Å². The summed E-state index contributed by atoms with van der Waals surface area (Å²) in [5.74, 6) is 0.624. The van der Waals surface area contributed by atoms with Crippen LogP contribution in [-0.4, -0.2) is 0 Å². The van der Waals surface area contributed by atoms with Crippen LogP contribution < -0.4 is 0 Å². The van der Waals surface area contributed by atoms with Crippen LogP contribution in [-0.2, 0) is 10.3 Å². The predicted octanol–water partition coefficient (Wildman–Crippen LogP) is 3.36. The Bertz CT molecular complexity index is 187. The summed E-state index contributed by atoms with van der Waals surface area (Å²) >= 11 is 8.05. The first kappa shape index (κ1) is 8.34. The van der Waals surface area contributed by atoms with Crippen molar-refractivity contribution in [3.63, 3.8) is 0 Å². The van der Waals surface area contributed by atoms with Crippen molar-refractivity contribution in [2.24, 2.45) is 0 Å². The van der Waals surface area contributed by atoms with Crippen LogP contribution in [0, 0.1) is 0 Å². The number of rotatable bonds is 2. The molecule has 0 aromatic heterocycles. The Morgan fingerprint density at radius 3 is 2.20 bits per heavy atom. The number of hydrogen-bond acceptors (Lipinski definition) is 0. The second kappa shape index (κ2) is 4.19. The van der Waals surface area contributed by atoms with Crippen LogP contribution in [0.2, 0.25) is 0 Å². The molecule has 0 amide bonds. The molecule has 0 unspecified atom stereocenters. The summed E-state index contributed by atoms with van der Waals surface area (Å²) in [7, 11) is 0. The Morgan fingerprint density at radius 1 is 1.20 bits per heavy atom. The maximum Gasteiger partial charge on any atom is 0.0477 e. The van der Waals surface area contributed by atoms with Gasteiger partial charge in [0.1, 0.15) is 0 Å². The molecule has 0 saturated heterocycles. The molecular formula is C8H8ClI. The van der Waals surface area contributed by atoms with E-state index in [9.17, 15) is 0 Å². The van der Waals surface area contributed by atoms with E-state index in [1.54, 1.807) is 0 Å². The summed E-state index contributed by atoms with van der Waals surface area (Å²) in [5, 5.41) is 0. The zero-order valence-electron chi connectivity index (χ0n) is 5.48. The van der Waals surface area contributed by atoms with Gasteiger partial charge in [0.2, 0.25) is 0 Å². The Balaban J connectivity index is 2.96. The lowest BCUT2D eigenvalue weighted by Gasteiger charge is -2.00. The lowest BCUT2D eigenvalue weighted by Crippen LogP contribution is -1.85. The molecule has 0 spiro atoms. The summed E-state index contributed by atoms with van der Waals surface area (Å²) in [6.45, 7) is 0. The zero-order chi connectivity index (χ0) is 7.40. The van der Waals surface area contributed by atoms with Gasteiger partial charge in [-0.1, -0.05) is 46.9 Å². The molecule has 1 rings (SSSR count). The number of hydrogen-bond donors (Lipinski definition) is 0. The van der Waals surface area contributed by atoms with Crippen molar-refractivity contribution >= 4 is 34.2 Å². The average Bonchev–Trinajstić information content (AvgIpc) is 2.04. The van der Waals surface area contributed by atoms with Gasteiger partial charge in [-0.3, -0.25) is 0 Å². The Morgan fingerprint density at radius 2 is 1.80 bits per heavy atom. The van der Waals surface area contributed by atoms with Gasteiger partial charge in [-0.2, -0.15) is 0 Å². The van der Waals surface area contributed by atoms with Crippen molar-refractivity contribution in [2.75, 3.05) is 0 Å². The second-order valence-corrected chi connectivity index (χ2v) is 3.07. The first-order valence-corrected chi connectivity index (χ1v) is 5.13. The topological polar surface area (TPSA) is 0 Å². The van der Waals surface area contributed by atoms with E-state index in [0.29, 0.717) is 5.88 Å². The van der Waals surface area contributed by atoms with Crippen molar-refractivity contribution in [1.82, 2.24) is 0 Å². The number of halogens is 2. The van der Waals surface area contributed by atoms with E-state index in [1.165, 1.54) is 11.1 Å². The minimum absolute atomic E-state index is 0.624. The molecule has 1 aromatic carbocycles. The monoisotopic (exact) mass is 266 g/mol. The van der Waals surface area contributed by atoms with E-state index in [4.69, 9.17) is 11.6 Å². The van der Waals surface area contributed by atoms with Crippen LogP contribution in [0.25, 0.3) is 0 Å². The van der Waals surface area contributed by atoms with Crippen molar-refractivity contribution in [3.05, 3.63) is 35.4 Å². The van der Waals surface area contributed by atoms with Crippen molar-refractivity contribution in [2.45, 2.75) is 10.3 Å². The molecule has 0 nitrogen and oxygen atoms in total. The summed E-state index contributed by atoms with van der Waals surface area (Å²) in [6, 6.07) is 8.25. The molecule has 0 aliphatic rings. The molecule has 1 aromatic rings. The Hall–Kier alpha value is 0.240. The number of alkyl halides is 2. The molecule has 54 valence electrons.